The third kappa shape index (κ3) is 24.7. The van der Waals surface area contributed by atoms with Gasteiger partial charge in [0.25, 0.3) is 0 Å². The summed E-state index contributed by atoms with van der Waals surface area (Å²) in [6.45, 7) is 5.98. The maximum Gasteiger partial charge on any atom is 0.219 e. The molecule has 0 spiro atoms. The van der Waals surface area contributed by atoms with Gasteiger partial charge in [-0.1, -0.05) is 76.7 Å². The van der Waals surface area contributed by atoms with Crippen LogP contribution in [-0.2, 0) is 9.59 Å². The molecule has 4 heteroatoms. The molecule has 4 nitrogen and oxygen atoms in total. The summed E-state index contributed by atoms with van der Waals surface area (Å²) in [6, 6.07) is 0. The van der Waals surface area contributed by atoms with Crippen LogP contribution in [0.5, 0.6) is 0 Å². The van der Waals surface area contributed by atoms with Gasteiger partial charge in [-0.15, -0.1) is 0 Å². The van der Waals surface area contributed by atoms with Gasteiger partial charge < -0.3 is 10.6 Å². The number of hydrogen-bond acceptors (Lipinski definition) is 2. The van der Waals surface area contributed by atoms with E-state index in [9.17, 15) is 9.59 Å². The average molecular weight is 449 g/mol. The minimum atomic E-state index is 0.119. The highest BCUT2D eigenvalue weighted by molar-refractivity contribution is 5.77. The van der Waals surface area contributed by atoms with Crippen molar-refractivity contribution >= 4 is 11.8 Å². The summed E-state index contributed by atoms with van der Waals surface area (Å²) in [4.78, 5) is 23.7. The second kappa shape index (κ2) is 25.7. The van der Waals surface area contributed by atoms with Gasteiger partial charge in [0, 0.05) is 25.9 Å². The zero-order chi connectivity index (χ0) is 23.5. The van der Waals surface area contributed by atoms with Crippen LogP contribution in [0, 0.1) is 0 Å². The number of rotatable bonds is 23. The Morgan fingerprint density at radius 2 is 0.875 bits per heavy atom. The SMILES string of the molecule is CCCC/C=C/CCCCCNC(=O)CCCCC(=O)NCCCCC/C=C/CCCC. The summed E-state index contributed by atoms with van der Waals surface area (Å²) in [5, 5.41) is 6.00. The average Bonchev–Trinajstić information content (AvgIpc) is 2.79. The zero-order valence-corrected chi connectivity index (χ0v) is 21.3. The highest BCUT2D eigenvalue weighted by Crippen LogP contribution is 2.05. The smallest absolute Gasteiger partial charge is 0.219 e. The lowest BCUT2D eigenvalue weighted by Crippen LogP contribution is -2.25. The molecule has 2 N–H and O–H groups in total. The molecule has 0 unspecified atom stereocenters. The Morgan fingerprint density at radius 1 is 0.500 bits per heavy atom. The second-order valence-corrected chi connectivity index (χ2v) is 8.83. The van der Waals surface area contributed by atoms with Crippen LogP contribution in [0.15, 0.2) is 24.3 Å². The van der Waals surface area contributed by atoms with E-state index in [4.69, 9.17) is 0 Å². The Kier molecular flexibility index (Phi) is 24.4. The Hall–Kier alpha value is -1.58. The fourth-order valence-corrected chi connectivity index (χ4v) is 3.45. The van der Waals surface area contributed by atoms with E-state index in [1.54, 1.807) is 0 Å². The Morgan fingerprint density at radius 3 is 1.25 bits per heavy atom. The predicted molar refractivity (Wildman–Crippen MR) is 139 cm³/mol. The van der Waals surface area contributed by atoms with Crippen molar-refractivity contribution in [3.05, 3.63) is 24.3 Å². The summed E-state index contributed by atoms with van der Waals surface area (Å²) in [7, 11) is 0. The van der Waals surface area contributed by atoms with Gasteiger partial charge in [-0.25, -0.2) is 0 Å². The number of unbranched alkanes of at least 4 members (excludes halogenated alkanes) is 11. The lowest BCUT2D eigenvalue weighted by atomic mass is 10.1. The van der Waals surface area contributed by atoms with Gasteiger partial charge in [0.05, 0.1) is 0 Å². The minimum Gasteiger partial charge on any atom is -0.356 e. The van der Waals surface area contributed by atoms with E-state index >= 15 is 0 Å². The monoisotopic (exact) mass is 448 g/mol. The van der Waals surface area contributed by atoms with Crippen molar-refractivity contribution in [2.24, 2.45) is 0 Å². The number of nitrogens with one attached hydrogen (secondary N) is 2. The maximum atomic E-state index is 11.9. The summed E-state index contributed by atoms with van der Waals surface area (Å²) in [6.07, 6.45) is 28.4. The zero-order valence-electron chi connectivity index (χ0n) is 21.3. The molecule has 0 bridgehead atoms. The van der Waals surface area contributed by atoms with Crippen molar-refractivity contribution in [3.8, 4) is 0 Å². The number of hydrogen-bond donors (Lipinski definition) is 2. The molecule has 0 aromatic heterocycles. The van der Waals surface area contributed by atoms with Crippen molar-refractivity contribution in [3.63, 3.8) is 0 Å². The number of amides is 2. The molecule has 0 aliphatic carbocycles. The molecule has 32 heavy (non-hydrogen) atoms. The molecular weight excluding hydrogens is 396 g/mol. The first-order chi connectivity index (χ1) is 15.7. The van der Waals surface area contributed by atoms with Crippen LogP contribution in [0.25, 0.3) is 0 Å². The van der Waals surface area contributed by atoms with Crippen molar-refractivity contribution < 1.29 is 9.59 Å². The number of carbonyl (C=O) groups excluding carboxylic acids is 2. The molecule has 186 valence electrons. The fourth-order valence-electron chi connectivity index (χ4n) is 3.45. The van der Waals surface area contributed by atoms with Gasteiger partial charge in [0.15, 0.2) is 0 Å². The van der Waals surface area contributed by atoms with E-state index in [0.29, 0.717) is 12.8 Å². The fraction of sp³-hybridized carbons (Fsp3) is 0.786. The Labute approximate surface area is 199 Å². The molecule has 0 aliphatic rings. The van der Waals surface area contributed by atoms with E-state index in [1.165, 1.54) is 51.4 Å². The maximum absolute atomic E-state index is 11.9. The Bertz CT molecular complexity index is 442. The third-order valence-corrected chi connectivity index (χ3v) is 5.58. The van der Waals surface area contributed by atoms with Gasteiger partial charge in [0.1, 0.15) is 0 Å². The van der Waals surface area contributed by atoms with Gasteiger partial charge in [-0.05, 0) is 64.2 Å². The van der Waals surface area contributed by atoms with Crippen LogP contribution < -0.4 is 10.6 Å². The minimum absolute atomic E-state index is 0.119. The van der Waals surface area contributed by atoms with E-state index in [-0.39, 0.29) is 11.8 Å². The van der Waals surface area contributed by atoms with Crippen LogP contribution >= 0.6 is 0 Å². The number of allylic oxidation sites excluding steroid dienone is 4. The van der Waals surface area contributed by atoms with Gasteiger partial charge in [0.2, 0.25) is 11.8 Å². The van der Waals surface area contributed by atoms with E-state index in [2.05, 4.69) is 48.8 Å². The van der Waals surface area contributed by atoms with Crippen LogP contribution in [0.2, 0.25) is 0 Å². The molecule has 0 aromatic carbocycles. The molecule has 0 radical (unpaired) electrons. The van der Waals surface area contributed by atoms with Crippen LogP contribution in [0.1, 0.15) is 129 Å². The lowest BCUT2D eigenvalue weighted by Gasteiger charge is -2.06. The third-order valence-electron chi connectivity index (χ3n) is 5.58. The van der Waals surface area contributed by atoms with Crippen molar-refractivity contribution in [2.75, 3.05) is 13.1 Å². The van der Waals surface area contributed by atoms with Gasteiger partial charge in [-0.2, -0.15) is 0 Å². The van der Waals surface area contributed by atoms with Crippen LogP contribution in [-0.4, -0.2) is 24.9 Å². The molecular formula is C28H52N2O2. The van der Waals surface area contributed by atoms with E-state index < -0.39 is 0 Å². The van der Waals surface area contributed by atoms with Crippen LogP contribution in [0.4, 0.5) is 0 Å². The standard InChI is InChI=1S/C28H52N2O2/c1-3-5-7-9-11-13-15-17-21-25-29-27(31)23-19-20-24-28(32)30-26-22-18-16-14-12-10-8-6-4-2/h9-12H,3-8,13-26H2,1-2H3,(H,29,31)(H,30,32)/b11-9+,12-10+. The quantitative estimate of drug-likeness (QED) is 0.126. The first-order valence-electron chi connectivity index (χ1n) is 13.5. The molecule has 0 atom stereocenters. The summed E-state index contributed by atoms with van der Waals surface area (Å²) in [5.41, 5.74) is 0. The second-order valence-electron chi connectivity index (χ2n) is 8.83. The largest absolute Gasteiger partial charge is 0.356 e. The first kappa shape index (κ1) is 30.4. The predicted octanol–water partition coefficient (Wildman–Crippen LogP) is 7.39. The van der Waals surface area contributed by atoms with E-state index in [0.717, 1.165) is 64.5 Å². The van der Waals surface area contributed by atoms with Crippen molar-refractivity contribution in [2.45, 2.75) is 129 Å². The number of carbonyl (C=O) groups is 2. The van der Waals surface area contributed by atoms with Gasteiger partial charge in [-0.3, -0.25) is 9.59 Å². The molecule has 2 amide bonds. The first-order valence-corrected chi connectivity index (χ1v) is 13.5. The lowest BCUT2D eigenvalue weighted by molar-refractivity contribution is -0.123. The Balaban J connectivity index is 3.37. The van der Waals surface area contributed by atoms with Gasteiger partial charge >= 0.3 is 0 Å². The van der Waals surface area contributed by atoms with Crippen LogP contribution in [0.3, 0.4) is 0 Å². The summed E-state index contributed by atoms with van der Waals surface area (Å²) in [5.74, 6) is 0.238. The van der Waals surface area contributed by atoms with Crippen molar-refractivity contribution in [1.82, 2.24) is 10.6 Å². The molecule has 0 saturated heterocycles. The molecule has 0 aromatic rings. The molecule has 0 fully saturated rings. The van der Waals surface area contributed by atoms with Crippen molar-refractivity contribution in [1.29, 1.82) is 0 Å². The molecule has 0 rings (SSSR count). The summed E-state index contributed by atoms with van der Waals surface area (Å²) >= 11 is 0. The molecule has 0 saturated carbocycles. The highest BCUT2D eigenvalue weighted by Gasteiger charge is 2.03. The molecule has 0 heterocycles. The topological polar surface area (TPSA) is 58.2 Å². The highest BCUT2D eigenvalue weighted by atomic mass is 16.2. The van der Waals surface area contributed by atoms with E-state index in [1.807, 2.05) is 0 Å². The normalized spacial score (nSPS) is 11.4. The summed E-state index contributed by atoms with van der Waals surface area (Å²) < 4.78 is 0. The molecule has 0 aliphatic heterocycles.